The van der Waals surface area contributed by atoms with Crippen LogP contribution in [0.25, 0.3) is 0 Å². The fourth-order valence-corrected chi connectivity index (χ4v) is 4.74. The van der Waals surface area contributed by atoms with Gasteiger partial charge in [-0.25, -0.2) is 9.13 Å². The average Bonchev–Trinajstić information content (AvgIpc) is 3.12. The van der Waals surface area contributed by atoms with Crippen molar-refractivity contribution in [2.45, 2.75) is 124 Å². The maximum Gasteiger partial charge on any atom is 0.245 e. The summed E-state index contributed by atoms with van der Waals surface area (Å²) < 4.78 is 10.9. The first kappa shape index (κ1) is 23.4. The average molecular weight is 392 g/mol. The molecule has 162 valence electrons. The van der Waals surface area contributed by atoms with E-state index in [0.717, 1.165) is 24.3 Å². The fraction of sp³-hybridized carbons (Fsp3) is 0.880. The summed E-state index contributed by atoms with van der Waals surface area (Å²) in [5, 5.41) is 0. The lowest BCUT2D eigenvalue weighted by molar-refractivity contribution is -0.735. The van der Waals surface area contributed by atoms with Gasteiger partial charge in [-0.3, -0.25) is 0 Å². The monoisotopic (exact) mass is 391 g/mol. The topological polar surface area (TPSA) is 18.0 Å². The highest BCUT2D eigenvalue weighted by molar-refractivity contribution is 4.80. The van der Waals surface area contributed by atoms with Gasteiger partial charge in [0.25, 0.3) is 0 Å². The molecule has 0 amide bonds. The van der Waals surface area contributed by atoms with Crippen LogP contribution in [0.4, 0.5) is 0 Å². The second-order valence-electron chi connectivity index (χ2n) is 9.65. The number of unbranched alkanes of at least 4 members (excludes halogenated alkanes) is 8. The standard InChI is InChI=1S/C25H47N2O/c1-5-6-7-8-9-10-11-12-13-16-26-17-18-27(20-26)21-28-25-19-23(4)14-15-24(25)22(2)3/h17-18,20,22-25H,5-16,19,21H2,1-4H3/q+1. The Morgan fingerprint density at radius 1 is 1.00 bits per heavy atom. The summed E-state index contributed by atoms with van der Waals surface area (Å²) >= 11 is 0. The van der Waals surface area contributed by atoms with E-state index in [1.54, 1.807) is 0 Å². The number of hydrogen-bond acceptors (Lipinski definition) is 1. The molecule has 3 atom stereocenters. The van der Waals surface area contributed by atoms with Gasteiger partial charge in [0.2, 0.25) is 6.33 Å². The van der Waals surface area contributed by atoms with E-state index in [-0.39, 0.29) is 0 Å². The van der Waals surface area contributed by atoms with E-state index in [1.807, 2.05) is 0 Å². The van der Waals surface area contributed by atoms with Crippen LogP contribution in [0.2, 0.25) is 0 Å². The number of aryl methyl sites for hydroxylation is 1. The molecule has 3 unspecified atom stereocenters. The number of aromatic nitrogens is 2. The van der Waals surface area contributed by atoms with Crippen molar-refractivity contribution in [3.05, 3.63) is 18.7 Å². The number of imidazole rings is 1. The molecule has 1 aliphatic carbocycles. The van der Waals surface area contributed by atoms with Crippen molar-refractivity contribution in [3.8, 4) is 0 Å². The van der Waals surface area contributed by atoms with E-state index < -0.39 is 0 Å². The predicted octanol–water partition coefficient (Wildman–Crippen LogP) is 6.74. The summed E-state index contributed by atoms with van der Waals surface area (Å²) in [6, 6.07) is 0. The van der Waals surface area contributed by atoms with Gasteiger partial charge in [0.15, 0.2) is 6.73 Å². The van der Waals surface area contributed by atoms with E-state index in [2.05, 4.69) is 55.6 Å². The Morgan fingerprint density at radius 2 is 1.68 bits per heavy atom. The summed E-state index contributed by atoms with van der Waals surface area (Å²) in [5.74, 6) is 2.25. The van der Waals surface area contributed by atoms with Crippen molar-refractivity contribution in [2.75, 3.05) is 0 Å². The molecule has 0 bridgehead atoms. The van der Waals surface area contributed by atoms with Crippen LogP contribution in [0.15, 0.2) is 18.7 Å². The van der Waals surface area contributed by atoms with Gasteiger partial charge in [0.05, 0.1) is 12.6 Å². The molecule has 1 aromatic heterocycles. The SMILES string of the molecule is CCCCCCCCCCCn1cc[n+](COC2CC(C)CCC2C(C)C)c1. The minimum Gasteiger partial charge on any atom is -0.338 e. The van der Waals surface area contributed by atoms with E-state index in [0.29, 0.717) is 12.8 Å². The Bertz CT molecular complexity index is 510. The van der Waals surface area contributed by atoms with Gasteiger partial charge in [-0.15, -0.1) is 0 Å². The van der Waals surface area contributed by atoms with E-state index in [4.69, 9.17) is 4.74 Å². The van der Waals surface area contributed by atoms with Gasteiger partial charge < -0.3 is 4.74 Å². The summed E-state index contributed by atoms with van der Waals surface area (Å²) in [4.78, 5) is 0. The maximum absolute atomic E-state index is 6.37. The van der Waals surface area contributed by atoms with Gasteiger partial charge in [0.1, 0.15) is 12.4 Å². The summed E-state index contributed by atoms with van der Waals surface area (Å²) in [6.07, 6.45) is 23.5. The number of ether oxygens (including phenoxy) is 1. The smallest absolute Gasteiger partial charge is 0.245 e. The molecule has 0 saturated heterocycles. The largest absolute Gasteiger partial charge is 0.338 e. The van der Waals surface area contributed by atoms with Crippen molar-refractivity contribution < 1.29 is 9.30 Å². The molecule has 1 fully saturated rings. The molecule has 0 N–H and O–H groups in total. The Hall–Kier alpha value is -0.830. The third-order valence-electron chi connectivity index (χ3n) is 6.67. The van der Waals surface area contributed by atoms with Crippen LogP contribution in [0.3, 0.4) is 0 Å². The Labute approximate surface area is 174 Å². The highest BCUT2D eigenvalue weighted by Gasteiger charge is 2.31. The first-order valence-electron chi connectivity index (χ1n) is 12.3. The lowest BCUT2D eigenvalue weighted by Crippen LogP contribution is -2.40. The second-order valence-corrected chi connectivity index (χ2v) is 9.65. The van der Waals surface area contributed by atoms with Crippen LogP contribution in [0.1, 0.15) is 105 Å². The molecular weight excluding hydrogens is 344 g/mol. The molecule has 3 heteroatoms. The molecule has 1 aliphatic rings. The maximum atomic E-state index is 6.37. The third kappa shape index (κ3) is 8.68. The van der Waals surface area contributed by atoms with Crippen LogP contribution in [-0.4, -0.2) is 10.7 Å². The fourth-order valence-electron chi connectivity index (χ4n) is 4.74. The van der Waals surface area contributed by atoms with Gasteiger partial charge >= 0.3 is 0 Å². The molecule has 0 aromatic carbocycles. The summed E-state index contributed by atoms with van der Waals surface area (Å²) in [5.41, 5.74) is 0. The van der Waals surface area contributed by atoms with Crippen molar-refractivity contribution in [1.82, 2.24) is 4.57 Å². The Balaban J connectivity index is 1.60. The number of hydrogen-bond donors (Lipinski definition) is 0. The highest BCUT2D eigenvalue weighted by atomic mass is 16.5. The van der Waals surface area contributed by atoms with Gasteiger partial charge in [-0.2, -0.15) is 0 Å². The molecular formula is C25H47N2O+. The van der Waals surface area contributed by atoms with Crippen LogP contribution in [-0.2, 0) is 18.0 Å². The molecule has 1 saturated carbocycles. The second kappa shape index (κ2) is 13.4. The number of nitrogens with zero attached hydrogens (tertiary/aromatic N) is 2. The van der Waals surface area contributed by atoms with Gasteiger partial charge in [0, 0.05) is 0 Å². The zero-order valence-corrected chi connectivity index (χ0v) is 19.2. The van der Waals surface area contributed by atoms with Crippen LogP contribution in [0, 0.1) is 17.8 Å². The third-order valence-corrected chi connectivity index (χ3v) is 6.67. The van der Waals surface area contributed by atoms with Crippen molar-refractivity contribution in [3.63, 3.8) is 0 Å². The highest BCUT2D eigenvalue weighted by Crippen LogP contribution is 2.35. The van der Waals surface area contributed by atoms with Crippen molar-refractivity contribution in [1.29, 1.82) is 0 Å². The summed E-state index contributed by atoms with van der Waals surface area (Å²) in [6.45, 7) is 11.2. The van der Waals surface area contributed by atoms with Crippen LogP contribution < -0.4 is 4.57 Å². The summed E-state index contributed by atoms with van der Waals surface area (Å²) in [7, 11) is 0. The van der Waals surface area contributed by atoms with Crippen LogP contribution >= 0.6 is 0 Å². The van der Waals surface area contributed by atoms with E-state index >= 15 is 0 Å². The number of rotatable bonds is 14. The Kier molecular flexibility index (Phi) is 11.2. The van der Waals surface area contributed by atoms with E-state index in [9.17, 15) is 0 Å². The Morgan fingerprint density at radius 3 is 2.36 bits per heavy atom. The lowest BCUT2D eigenvalue weighted by atomic mass is 9.75. The molecule has 2 rings (SSSR count). The molecule has 0 radical (unpaired) electrons. The molecule has 28 heavy (non-hydrogen) atoms. The minimum atomic E-state index is 0.428. The quantitative estimate of drug-likeness (QED) is 0.254. The molecule has 1 heterocycles. The zero-order valence-electron chi connectivity index (χ0n) is 19.2. The lowest BCUT2D eigenvalue weighted by Gasteiger charge is -2.36. The minimum absolute atomic E-state index is 0.428. The van der Waals surface area contributed by atoms with Crippen molar-refractivity contribution in [2.24, 2.45) is 17.8 Å². The van der Waals surface area contributed by atoms with Gasteiger partial charge in [-0.05, 0) is 43.4 Å². The predicted molar refractivity (Wildman–Crippen MR) is 118 cm³/mol. The van der Waals surface area contributed by atoms with Crippen molar-refractivity contribution >= 4 is 0 Å². The van der Waals surface area contributed by atoms with Gasteiger partial charge in [-0.1, -0.05) is 79.1 Å². The normalized spacial score (nSPS) is 22.8. The molecule has 0 spiro atoms. The first-order valence-corrected chi connectivity index (χ1v) is 12.3. The molecule has 3 nitrogen and oxygen atoms in total. The molecule has 0 aliphatic heterocycles. The zero-order chi connectivity index (χ0) is 20.2. The first-order chi connectivity index (χ1) is 13.6. The van der Waals surface area contributed by atoms with Crippen LogP contribution in [0.5, 0.6) is 0 Å². The molecule has 1 aromatic rings. The van der Waals surface area contributed by atoms with E-state index in [1.165, 1.54) is 77.0 Å².